The van der Waals surface area contributed by atoms with Crippen LogP contribution in [-0.2, 0) is 27.6 Å². The predicted molar refractivity (Wildman–Crippen MR) is 97.9 cm³/mol. The molecule has 0 heterocycles. The first-order chi connectivity index (χ1) is 13.1. The van der Waals surface area contributed by atoms with Crippen LogP contribution < -0.4 is 5.32 Å². The van der Waals surface area contributed by atoms with Gasteiger partial charge in [0.05, 0.1) is 16.9 Å². The van der Waals surface area contributed by atoms with Crippen molar-refractivity contribution < 1.29 is 27.9 Å². The van der Waals surface area contributed by atoms with E-state index in [9.17, 15) is 22.8 Å². The first kappa shape index (κ1) is 19.9. The second-order valence-electron chi connectivity index (χ2n) is 7.26. The van der Waals surface area contributed by atoms with E-state index in [1.165, 1.54) is 6.07 Å². The Kier molecular flexibility index (Phi) is 5.19. The van der Waals surface area contributed by atoms with Crippen LogP contribution in [0, 0.1) is 5.92 Å². The predicted octanol–water partition coefficient (Wildman–Crippen LogP) is 4.64. The summed E-state index contributed by atoms with van der Waals surface area (Å²) in [6.45, 7) is 1.62. The zero-order valence-electron chi connectivity index (χ0n) is 15.2. The molecule has 4 nitrogen and oxygen atoms in total. The Morgan fingerprint density at radius 1 is 1.14 bits per heavy atom. The van der Waals surface area contributed by atoms with Gasteiger partial charge < -0.3 is 10.4 Å². The maximum absolute atomic E-state index is 13.0. The topological polar surface area (TPSA) is 66.4 Å². The molecule has 7 heteroatoms. The molecular formula is C21H20F3NO3. The summed E-state index contributed by atoms with van der Waals surface area (Å²) in [4.78, 5) is 23.7. The maximum atomic E-state index is 13.0. The number of hydrogen-bond donors (Lipinski definition) is 2. The number of hydrogen-bond acceptors (Lipinski definition) is 2. The Morgan fingerprint density at radius 3 is 2.32 bits per heavy atom. The van der Waals surface area contributed by atoms with Gasteiger partial charge in [0.2, 0.25) is 5.91 Å². The Balaban J connectivity index is 1.72. The number of aliphatic carboxylic acids is 1. The standard InChI is InChI=1S/C21H20F3NO3/c1-13(18(26)27)11-14-5-7-17(8-6-14)25-19(28)20(9-10-20)15-3-2-4-16(12-15)21(22,23)24/h2-8,12-13H,9-11H2,1H3,(H,25,28)(H,26,27). The van der Waals surface area contributed by atoms with Gasteiger partial charge in [-0.05, 0) is 48.6 Å². The molecule has 0 radical (unpaired) electrons. The van der Waals surface area contributed by atoms with E-state index in [0.717, 1.165) is 17.7 Å². The molecular weight excluding hydrogens is 371 g/mol. The second-order valence-corrected chi connectivity index (χ2v) is 7.26. The zero-order chi connectivity index (χ0) is 20.5. The molecule has 2 aromatic carbocycles. The van der Waals surface area contributed by atoms with Gasteiger partial charge >= 0.3 is 12.1 Å². The van der Waals surface area contributed by atoms with Gasteiger partial charge in [-0.15, -0.1) is 0 Å². The average molecular weight is 391 g/mol. The fourth-order valence-corrected chi connectivity index (χ4v) is 3.18. The highest BCUT2D eigenvalue weighted by Crippen LogP contribution is 2.49. The molecule has 1 fully saturated rings. The van der Waals surface area contributed by atoms with E-state index >= 15 is 0 Å². The van der Waals surface area contributed by atoms with Gasteiger partial charge in [0.1, 0.15) is 0 Å². The van der Waals surface area contributed by atoms with Gasteiger partial charge in [-0.25, -0.2) is 0 Å². The lowest BCUT2D eigenvalue weighted by molar-refractivity contribution is -0.141. The number of halogens is 3. The van der Waals surface area contributed by atoms with Crippen LogP contribution in [0.1, 0.15) is 36.5 Å². The minimum atomic E-state index is -4.45. The zero-order valence-corrected chi connectivity index (χ0v) is 15.2. The lowest BCUT2D eigenvalue weighted by atomic mass is 9.93. The normalized spacial score (nSPS) is 16.3. The number of carbonyl (C=O) groups is 2. The van der Waals surface area contributed by atoms with Crippen molar-refractivity contribution >= 4 is 17.6 Å². The SMILES string of the molecule is CC(Cc1ccc(NC(=O)C2(c3cccc(C(F)(F)F)c3)CC2)cc1)C(=O)O. The minimum Gasteiger partial charge on any atom is -0.481 e. The molecule has 1 unspecified atom stereocenters. The number of anilines is 1. The molecule has 0 spiro atoms. The Morgan fingerprint density at radius 2 is 1.79 bits per heavy atom. The van der Waals surface area contributed by atoms with Crippen LogP contribution >= 0.6 is 0 Å². The van der Waals surface area contributed by atoms with Gasteiger partial charge in [0, 0.05) is 5.69 Å². The van der Waals surface area contributed by atoms with Crippen molar-refractivity contribution in [3.05, 3.63) is 65.2 Å². The van der Waals surface area contributed by atoms with Crippen molar-refractivity contribution in [1.82, 2.24) is 0 Å². The molecule has 1 aliphatic rings. The quantitative estimate of drug-likeness (QED) is 0.754. The molecule has 2 N–H and O–H groups in total. The summed E-state index contributed by atoms with van der Waals surface area (Å²) in [5.74, 6) is -1.73. The van der Waals surface area contributed by atoms with Crippen molar-refractivity contribution in [3.8, 4) is 0 Å². The van der Waals surface area contributed by atoms with E-state index in [4.69, 9.17) is 5.11 Å². The Labute approximate surface area is 160 Å². The van der Waals surface area contributed by atoms with Gasteiger partial charge in [-0.2, -0.15) is 13.2 Å². The number of carbonyl (C=O) groups excluding carboxylic acids is 1. The molecule has 0 aliphatic heterocycles. The molecule has 1 saturated carbocycles. The van der Waals surface area contributed by atoms with Gasteiger partial charge in [-0.3, -0.25) is 9.59 Å². The third-order valence-electron chi connectivity index (χ3n) is 5.10. The van der Waals surface area contributed by atoms with Crippen LogP contribution in [0.5, 0.6) is 0 Å². The molecule has 0 aromatic heterocycles. The third-order valence-corrected chi connectivity index (χ3v) is 5.10. The minimum absolute atomic E-state index is 0.335. The lowest BCUT2D eigenvalue weighted by Crippen LogP contribution is -2.28. The molecule has 0 saturated heterocycles. The van der Waals surface area contributed by atoms with Crippen LogP contribution in [0.4, 0.5) is 18.9 Å². The molecule has 28 heavy (non-hydrogen) atoms. The maximum Gasteiger partial charge on any atom is 0.416 e. The first-order valence-electron chi connectivity index (χ1n) is 8.93. The number of benzene rings is 2. The van der Waals surface area contributed by atoms with E-state index in [2.05, 4.69) is 5.32 Å². The van der Waals surface area contributed by atoms with Gasteiger partial charge in [0.25, 0.3) is 0 Å². The third kappa shape index (κ3) is 4.18. The van der Waals surface area contributed by atoms with Gasteiger partial charge in [0.15, 0.2) is 0 Å². The molecule has 1 amide bonds. The fourth-order valence-electron chi connectivity index (χ4n) is 3.18. The monoisotopic (exact) mass is 391 g/mol. The molecule has 1 atom stereocenters. The first-order valence-corrected chi connectivity index (χ1v) is 8.93. The van der Waals surface area contributed by atoms with Crippen LogP contribution in [-0.4, -0.2) is 17.0 Å². The number of alkyl halides is 3. The second kappa shape index (κ2) is 7.30. The smallest absolute Gasteiger partial charge is 0.416 e. The van der Waals surface area contributed by atoms with Gasteiger partial charge in [-0.1, -0.05) is 37.3 Å². The van der Waals surface area contributed by atoms with E-state index < -0.39 is 29.0 Å². The lowest BCUT2D eigenvalue weighted by Gasteiger charge is -2.18. The van der Waals surface area contributed by atoms with E-state index in [1.807, 2.05) is 0 Å². The van der Waals surface area contributed by atoms with Crippen molar-refractivity contribution in [3.63, 3.8) is 0 Å². The summed E-state index contributed by atoms with van der Waals surface area (Å²) in [7, 11) is 0. The van der Waals surface area contributed by atoms with Crippen LogP contribution in [0.15, 0.2) is 48.5 Å². The summed E-state index contributed by atoms with van der Waals surface area (Å²) in [5.41, 5.74) is 0.0205. The fraction of sp³-hybridized carbons (Fsp3) is 0.333. The van der Waals surface area contributed by atoms with Crippen molar-refractivity contribution in [1.29, 1.82) is 0 Å². The van der Waals surface area contributed by atoms with E-state index in [0.29, 0.717) is 30.5 Å². The Hall–Kier alpha value is -2.83. The largest absolute Gasteiger partial charge is 0.481 e. The van der Waals surface area contributed by atoms with E-state index in [-0.39, 0.29) is 5.91 Å². The summed E-state index contributed by atoms with van der Waals surface area (Å²) < 4.78 is 38.9. The summed E-state index contributed by atoms with van der Waals surface area (Å²) in [6.07, 6.45) is -3.09. The number of nitrogens with one attached hydrogen (secondary N) is 1. The summed E-state index contributed by atoms with van der Waals surface area (Å²) in [5, 5.41) is 11.7. The molecule has 0 bridgehead atoms. The number of amides is 1. The highest BCUT2D eigenvalue weighted by Gasteiger charge is 2.51. The van der Waals surface area contributed by atoms with Crippen molar-refractivity contribution in [2.75, 3.05) is 5.32 Å². The molecule has 148 valence electrons. The number of rotatable bonds is 6. The van der Waals surface area contributed by atoms with E-state index in [1.54, 1.807) is 37.3 Å². The summed E-state index contributed by atoms with van der Waals surface area (Å²) >= 11 is 0. The number of carboxylic acid groups (broad SMARTS) is 1. The highest BCUT2D eigenvalue weighted by atomic mass is 19.4. The molecule has 2 aromatic rings. The highest BCUT2D eigenvalue weighted by molar-refractivity contribution is 6.01. The van der Waals surface area contributed by atoms with Crippen molar-refractivity contribution in [2.45, 2.75) is 37.8 Å². The van der Waals surface area contributed by atoms with Crippen LogP contribution in [0.3, 0.4) is 0 Å². The molecule has 3 rings (SSSR count). The van der Waals surface area contributed by atoms with Crippen LogP contribution in [0.25, 0.3) is 0 Å². The van der Waals surface area contributed by atoms with Crippen LogP contribution in [0.2, 0.25) is 0 Å². The van der Waals surface area contributed by atoms with Crippen molar-refractivity contribution in [2.24, 2.45) is 5.92 Å². The summed E-state index contributed by atoms with van der Waals surface area (Å²) in [6, 6.07) is 11.7. The Bertz CT molecular complexity index is 887. The number of carboxylic acids is 1. The average Bonchev–Trinajstić information content (AvgIpc) is 3.44. The molecule has 1 aliphatic carbocycles.